The molecule has 3 nitrogen and oxygen atoms in total. The standard InChI is InChI=1S/C15H22O3/c1-2-10-15(18,12-9-14(16)17)11-8-13-6-4-3-5-7-13/h3-7,18H,2,8-12H2,1H3,(H,16,17). The van der Waals surface area contributed by atoms with Crippen LogP contribution >= 0.6 is 0 Å². The number of hydrogen-bond acceptors (Lipinski definition) is 2. The molecule has 2 N–H and O–H groups in total. The molecule has 1 atom stereocenters. The van der Waals surface area contributed by atoms with E-state index in [-0.39, 0.29) is 6.42 Å². The Morgan fingerprint density at radius 1 is 1.17 bits per heavy atom. The number of carboxylic acid groups (broad SMARTS) is 1. The van der Waals surface area contributed by atoms with Crippen LogP contribution in [0.1, 0.15) is 44.6 Å². The summed E-state index contributed by atoms with van der Waals surface area (Å²) in [4.78, 5) is 10.6. The second-order valence-corrected chi connectivity index (χ2v) is 4.85. The second kappa shape index (κ2) is 7.17. The molecule has 0 radical (unpaired) electrons. The Balaban J connectivity index is 2.53. The minimum absolute atomic E-state index is 0.0330. The van der Waals surface area contributed by atoms with Crippen LogP contribution in [-0.4, -0.2) is 21.8 Å². The summed E-state index contributed by atoms with van der Waals surface area (Å²) in [6.07, 6.45) is 3.31. The third-order valence-electron chi connectivity index (χ3n) is 3.24. The molecular weight excluding hydrogens is 228 g/mol. The van der Waals surface area contributed by atoms with Gasteiger partial charge >= 0.3 is 5.97 Å². The van der Waals surface area contributed by atoms with Crippen molar-refractivity contribution in [1.82, 2.24) is 0 Å². The number of carboxylic acids is 1. The zero-order valence-electron chi connectivity index (χ0n) is 10.9. The Hall–Kier alpha value is -1.35. The molecule has 100 valence electrons. The Morgan fingerprint density at radius 2 is 1.83 bits per heavy atom. The predicted octanol–water partition coefficient (Wildman–Crippen LogP) is 3.02. The van der Waals surface area contributed by atoms with E-state index in [4.69, 9.17) is 5.11 Å². The monoisotopic (exact) mass is 250 g/mol. The summed E-state index contributed by atoms with van der Waals surface area (Å²) in [6, 6.07) is 9.98. The molecule has 0 aromatic heterocycles. The summed E-state index contributed by atoms with van der Waals surface area (Å²) in [6.45, 7) is 2.01. The molecule has 0 spiro atoms. The first-order valence-corrected chi connectivity index (χ1v) is 6.54. The predicted molar refractivity (Wildman–Crippen MR) is 71.5 cm³/mol. The fourth-order valence-electron chi connectivity index (χ4n) is 2.20. The first-order valence-electron chi connectivity index (χ1n) is 6.54. The maximum Gasteiger partial charge on any atom is 0.303 e. The molecule has 0 fully saturated rings. The van der Waals surface area contributed by atoms with Crippen molar-refractivity contribution in [1.29, 1.82) is 0 Å². The van der Waals surface area contributed by atoms with Crippen LogP contribution in [0.2, 0.25) is 0 Å². The molecule has 18 heavy (non-hydrogen) atoms. The van der Waals surface area contributed by atoms with Crippen molar-refractivity contribution in [3.63, 3.8) is 0 Å². The molecule has 0 saturated carbocycles. The van der Waals surface area contributed by atoms with E-state index in [1.807, 2.05) is 37.3 Å². The fourth-order valence-corrected chi connectivity index (χ4v) is 2.20. The maximum absolute atomic E-state index is 10.6. The summed E-state index contributed by atoms with van der Waals surface area (Å²) in [5, 5.41) is 19.2. The summed E-state index contributed by atoms with van der Waals surface area (Å²) in [5.41, 5.74) is 0.338. The highest BCUT2D eigenvalue weighted by atomic mass is 16.4. The molecule has 0 saturated heterocycles. The molecular formula is C15H22O3. The largest absolute Gasteiger partial charge is 0.481 e. The van der Waals surface area contributed by atoms with Gasteiger partial charge in [0.1, 0.15) is 0 Å². The van der Waals surface area contributed by atoms with Crippen LogP contribution in [0.3, 0.4) is 0 Å². The minimum Gasteiger partial charge on any atom is -0.481 e. The molecule has 0 aliphatic rings. The van der Waals surface area contributed by atoms with Crippen LogP contribution in [0.25, 0.3) is 0 Å². The first-order chi connectivity index (χ1) is 8.56. The van der Waals surface area contributed by atoms with Gasteiger partial charge in [-0.2, -0.15) is 0 Å². The zero-order valence-corrected chi connectivity index (χ0v) is 10.9. The molecule has 1 aromatic carbocycles. The maximum atomic E-state index is 10.6. The van der Waals surface area contributed by atoms with Crippen LogP contribution in [0.15, 0.2) is 30.3 Å². The Morgan fingerprint density at radius 3 is 2.39 bits per heavy atom. The van der Waals surface area contributed by atoms with Gasteiger partial charge in [-0.05, 0) is 31.2 Å². The van der Waals surface area contributed by atoms with Gasteiger partial charge in [-0.15, -0.1) is 0 Å². The third-order valence-corrected chi connectivity index (χ3v) is 3.24. The van der Waals surface area contributed by atoms with Crippen molar-refractivity contribution in [3.05, 3.63) is 35.9 Å². The highest BCUT2D eigenvalue weighted by molar-refractivity contribution is 5.66. The van der Waals surface area contributed by atoms with Gasteiger partial charge in [-0.25, -0.2) is 0 Å². The number of carbonyl (C=O) groups is 1. The number of hydrogen-bond donors (Lipinski definition) is 2. The number of aliphatic carboxylic acids is 1. The number of aryl methyl sites for hydroxylation is 1. The molecule has 0 aliphatic carbocycles. The average molecular weight is 250 g/mol. The van der Waals surface area contributed by atoms with Gasteiger partial charge in [-0.3, -0.25) is 4.79 Å². The van der Waals surface area contributed by atoms with Crippen LogP contribution in [0.5, 0.6) is 0 Å². The SMILES string of the molecule is CCCC(O)(CCC(=O)O)CCc1ccccc1. The summed E-state index contributed by atoms with van der Waals surface area (Å²) < 4.78 is 0. The lowest BCUT2D eigenvalue weighted by molar-refractivity contribution is -0.138. The topological polar surface area (TPSA) is 57.5 Å². The van der Waals surface area contributed by atoms with Gasteiger partial charge in [0, 0.05) is 6.42 Å². The molecule has 0 aliphatic heterocycles. The number of benzene rings is 1. The number of rotatable bonds is 8. The summed E-state index contributed by atoms with van der Waals surface area (Å²) >= 11 is 0. The highest BCUT2D eigenvalue weighted by Gasteiger charge is 2.26. The van der Waals surface area contributed by atoms with E-state index in [2.05, 4.69) is 0 Å². The van der Waals surface area contributed by atoms with E-state index >= 15 is 0 Å². The van der Waals surface area contributed by atoms with Crippen molar-refractivity contribution in [2.75, 3.05) is 0 Å². The van der Waals surface area contributed by atoms with Crippen molar-refractivity contribution < 1.29 is 15.0 Å². The van der Waals surface area contributed by atoms with Gasteiger partial charge in [0.2, 0.25) is 0 Å². The zero-order chi connectivity index (χ0) is 13.4. The van der Waals surface area contributed by atoms with Gasteiger partial charge in [0.15, 0.2) is 0 Å². The van der Waals surface area contributed by atoms with Crippen molar-refractivity contribution in [2.24, 2.45) is 0 Å². The van der Waals surface area contributed by atoms with Crippen molar-refractivity contribution in [2.45, 2.75) is 51.0 Å². The fraction of sp³-hybridized carbons (Fsp3) is 0.533. The van der Waals surface area contributed by atoms with Gasteiger partial charge in [0.25, 0.3) is 0 Å². The quantitative estimate of drug-likeness (QED) is 0.745. The lowest BCUT2D eigenvalue weighted by Gasteiger charge is -2.27. The Kier molecular flexibility index (Phi) is 5.86. The molecule has 0 amide bonds. The third kappa shape index (κ3) is 5.32. The van der Waals surface area contributed by atoms with E-state index in [1.165, 1.54) is 5.56 Å². The summed E-state index contributed by atoms with van der Waals surface area (Å²) in [5.74, 6) is -0.843. The summed E-state index contributed by atoms with van der Waals surface area (Å²) in [7, 11) is 0. The van der Waals surface area contributed by atoms with Crippen LogP contribution in [-0.2, 0) is 11.2 Å². The molecule has 3 heteroatoms. The lowest BCUT2D eigenvalue weighted by atomic mass is 9.86. The smallest absolute Gasteiger partial charge is 0.303 e. The molecule has 1 aromatic rings. The highest BCUT2D eigenvalue weighted by Crippen LogP contribution is 2.25. The van der Waals surface area contributed by atoms with E-state index in [0.717, 1.165) is 12.8 Å². The minimum atomic E-state index is -0.844. The molecule has 0 bridgehead atoms. The number of aliphatic hydroxyl groups is 1. The van der Waals surface area contributed by atoms with Crippen molar-refractivity contribution in [3.8, 4) is 0 Å². The Bertz CT molecular complexity index is 361. The van der Waals surface area contributed by atoms with Gasteiger partial charge in [-0.1, -0.05) is 43.7 Å². The van der Waals surface area contributed by atoms with E-state index in [0.29, 0.717) is 19.3 Å². The van der Waals surface area contributed by atoms with Crippen LogP contribution in [0.4, 0.5) is 0 Å². The van der Waals surface area contributed by atoms with Gasteiger partial charge < -0.3 is 10.2 Å². The average Bonchev–Trinajstić information content (AvgIpc) is 2.36. The van der Waals surface area contributed by atoms with E-state index < -0.39 is 11.6 Å². The lowest BCUT2D eigenvalue weighted by Crippen LogP contribution is -2.30. The van der Waals surface area contributed by atoms with Crippen molar-refractivity contribution >= 4 is 5.97 Å². The van der Waals surface area contributed by atoms with Crippen LogP contribution in [0, 0.1) is 0 Å². The normalized spacial score (nSPS) is 14.1. The second-order valence-electron chi connectivity index (χ2n) is 4.85. The molecule has 0 heterocycles. The van der Waals surface area contributed by atoms with Crippen LogP contribution < -0.4 is 0 Å². The first kappa shape index (κ1) is 14.7. The van der Waals surface area contributed by atoms with E-state index in [1.54, 1.807) is 0 Å². The molecule has 1 rings (SSSR count). The van der Waals surface area contributed by atoms with Gasteiger partial charge in [0.05, 0.1) is 5.60 Å². The van der Waals surface area contributed by atoms with E-state index in [9.17, 15) is 9.90 Å². The Labute approximate surface area is 108 Å². The molecule has 1 unspecified atom stereocenters.